The molecule has 0 aliphatic rings. The van der Waals surface area contributed by atoms with Gasteiger partial charge in [-0.15, -0.1) is 0 Å². The van der Waals surface area contributed by atoms with Gasteiger partial charge in [-0.1, -0.05) is 44.1 Å². The number of ether oxygens (including phenoxy) is 1. The molecular formula is C25H26F3N5O4S. The van der Waals surface area contributed by atoms with E-state index in [1.54, 1.807) is 19.1 Å². The van der Waals surface area contributed by atoms with Gasteiger partial charge in [-0.3, -0.25) is 9.82 Å². The second-order valence-electron chi connectivity index (χ2n) is 9.55. The Morgan fingerprint density at radius 1 is 1.03 bits per heavy atom. The molecule has 13 heteroatoms. The summed E-state index contributed by atoms with van der Waals surface area (Å²) in [6.45, 7) is 7.64. The van der Waals surface area contributed by atoms with Crippen LogP contribution in [0.1, 0.15) is 45.1 Å². The molecule has 2 aromatic carbocycles. The lowest BCUT2D eigenvalue weighted by Crippen LogP contribution is -2.21. The number of rotatable bonds is 9. The minimum absolute atomic E-state index is 0.0148. The lowest BCUT2D eigenvalue weighted by atomic mass is 9.93. The van der Waals surface area contributed by atoms with Crippen molar-refractivity contribution >= 4 is 27.3 Å². The van der Waals surface area contributed by atoms with Crippen LogP contribution >= 0.6 is 0 Å². The molecule has 4 rings (SSSR count). The minimum Gasteiger partial charge on any atom is -0.484 e. The number of halogens is 3. The predicted molar refractivity (Wildman–Crippen MR) is 136 cm³/mol. The number of nitrogens with one attached hydrogen (secondary N) is 3. The second-order valence-corrected chi connectivity index (χ2v) is 11.2. The fourth-order valence-corrected chi connectivity index (χ4v) is 3.98. The van der Waals surface area contributed by atoms with Gasteiger partial charge in [0.05, 0.1) is 11.4 Å². The first-order valence-corrected chi connectivity index (χ1v) is 13.0. The van der Waals surface area contributed by atoms with Crippen molar-refractivity contribution in [1.29, 1.82) is 0 Å². The van der Waals surface area contributed by atoms with Gasteiger partial charge in [-0.25, -0.2) is 12.8 Å². The summed E-state index contributed by atoms with van der Waals surface area (Å²) in [5.74, 6) is -2.51. The van der Waals surface area contributed by atoms with Gasteiger partial charge >= 0.3 is 5.76 Å². The average Bonchev–Trinajstić information content (AvgIpc) is 3.50. The van der Waals surface area contributed by atoms with Crippen LogP contribution in [-0.2, 0) is 15.4 Å². The smallest absolute Gasteiger partial charge is 0.355 e. The van der Waals surface area contributed by atoms with E-state index in [0.717, 1.165) is 0 Å². The highest BCUT2D eigenvalue weighted by Crippen LogP contribution is 2.35. The van der Waals surface area contributed by atoms with Gasteiger partial charge in [0.15, 0.2) is 11.6 Å². The summed E-state index contributed by atoms with van der Waals surface area (Å²) in [7, 11) is -4.96. The zero-order chi connectivity index (χ0) is 27.7. The van der Waals surface area contributed by atoms with Gasteiger partial charge in [0.1, 0.15) is 23.4 Å². The number of hydrogen-bond donors (Lipinski definition) is 3. The third-order valence-corrected chi connectivity index (χ3v) is 6.48. The number of H-pyrrole nitrogens is 1. The van der Waals surface area contributed by atoms with Crippen LogP contribution in [0, 0.1) is 5.82 Å². The third kappa shape index (κ3) is 6.28. The Morgan fingerprint density at radius 2 is 1.74 bits per heavy atom. The number of benzene rings is 2. The molecular weight excluding hydrogens is 523 g/mol. The van der Waals surface area contributed by atoms with Crippen LogP contribution in [0.5, 0.6) is 5.75 Å². The van der Waals surface area contributed by atoms with Crippen LogP contribution < -0.4 is 14.8 Å². The van der Waals surface area contributed by atoms with Crippen LogP contribution in [0.15, 0.2) is 59.1 Å². The lowest BCUT2D eigenvalue weighted by Gasteiger charge is -2.19. The molecule has 202 valence electrons. The minimum atomic E-state index is -4.96. The van der Waals surface area contributed by atoms with E-state index in [0.29, 0.717) is 34.2 Å². The van der Waals surface area contributed by atoms with E-state index in [9.17, 15) is 21.6 Å². The monoisotopic (exact) mass is 549 g/mol. The summed E-state index contributed by atoms with van der Waals surface area (Å²) in [6.07, 6.45) is -0.663. The van der Waals surface area contributed by atoms with E-state index in [-0.39, 0.29) is 16.9 Å². The molecule has 3 N–H and O–H groups in total. The number of sulfonamides is 1. The quantitative estimate of drug-likeness (QED) is 0.222. The number of alkyl halides is 2. The molecule has 0 aliphatic heterocycles. The van der Waals surface area contributed by atoms with Gasteiger partial charge in [0.25, 0.3) is 10.0 Å². The maximum absolute atomic E-state index is 13.3. The highest BCUT2D eigenvalue weighted by Gasteiger charge is 2.26. The van der Waals surface area contributed by atoms with E-state index in [4.69, 9.17) is 9.26 Å². The molecule has 0 spiro atoms. The van der Waals surface area contributed by atoms with Gasteiger partial charge in [-0.2, -0.15) is 13.9 Å². The highest BCUT2D eigenvalue weighted by molar-refractivity contribution is 7.93. The van der Waals surface area contributed by atoms with Crippen LogP contribution in [0.25, 0.3) is 11.3 Å². The zero-order valence-electron chi connectivity index (χ0n) is 20.9. The molecule has 1 atom stereocenters. The average molecular weight is 550 g/mol. The SMILES string of the molecule is C[C@H](Oc1cc(-c2cc(Nc3cc(C(C)(C)C)on3)n[nH]2)ccc1NS(=O)(=O)C(F)F)c1ccc(F)cc1. The summed E-state index contributed by atoms with van der Waals surface area (Å²) in [4.78, 5) is 0. The number of anilines is 3. The Kier molecular flexibility index (Phi) is 7.40. The molecule has 2 heterocycles. The van der Waals surface area contributed by atoms with E-state index in [1.165, 1.54) is 42.5 Å². The molecule has 9 nitrogen and oxygen atoms in total. The van der Waals surface area contributed by atoms with Gasteiger partial charge < -0.3 is 14.6 Å². The Labute approximate surface area is 217 Å². The highest BCUT2D eigenvalue weighted by atomic mass is 32.2. The van der Waals surface area contributed by atoms with Gasteiger partial charge in [0.2, 0.25) is 0 Å². The van der Waals surface area contributed by atoms with Gasteiger partial charge in [-0.05, 0) is 36.8 Å². The zero-order valence-corrected chi connectivity index (χ0v) is 21.7. The van der Waals surface area contributed by atoms with Crippen molar-refractivity contribution in [3.63, 3.8) is 0 Å². The Morgan fingerprint density at radius 3 is 2.37 bits per heavy atom. The first-order valence-electron chi connectivity index (χ1n) is 11.5. The maximum atomic E-state index is 13.3. The molecule has 0 saturated carbocycles. The van der Waals surface area contributed by atoms with Crippen molar-refractivity contribution in [3.05, 3.63) is 71.7 Å². The van der Waals surface area contributed by atoms with Crippen LogP contribution in [0.2, 0.25) is 0 Å². The number of aromatic nitrogens is 3. The number of hydrogen-bond acceptors (Lipinski definition) is 7. The summed E-state index contributed by atoms with van der Waals surface area (Å²) in [5.41, 5.74) is 1.24. The van der Waals surface area contributed by atoms with E-state index >= 15 is 0 Å². The molecule has 0 unspecified atom stereocenters. The van der Waals surface area contributed by atoms with Crippen molar-refractivity contribution in [1.82, 2.24) is 15.4 Å². The third-order valence-electron chi connectivity index (χ3n) is 5.51. The van der Waals surface area contributed by atoms with Crippen LogP contribution in [0.4, 0.5) is 30.5 Å². The van der Waals surface area contributed by atoms with Crippen molar-refractivity contribution in [3.8, 4) is 17.0 Å². The Hall–Kier alpha value is -4.00. The summed E-state index contributed by atoms with van der Waals surface area (Å²) in [6, 6.07) is 13.3. The molecule has 0 aliphatic carbocycles. The largest absolute Gasteiger partial charge is 0.484 e. The van der Waals surface area contributed by atoms with Crippen molar-refractivity contribution < 1.29 is 30.8 Å². The van der Waals surface area contributed by atoms with Gasteiger partial charge in [0, 0.05) is 23.1 Å². The fraction of sp³-hybridized carbons (Fsp3) is 0.280. The summed E-state index contributed by atoms with van der Waals surface area (Å²) in [5, 5.41) is 14.1. The summed E-state index contributed by atoms with van der Waals surface area (Å²) >= 11 is 0. The molecule has 0 fully saturated rings. The first-order chi connectivity index (χ1) is 17.8. The van der Waals surface area contributed by atoms with Crippen molar-refractivity contribution in [2.24, 2.45) is 0 Å². The normalized spacial score (nSPS) is 12.9. The van der Waals surface area contributed by atoms with Crippen molar-refractivity contribution in [2.75, 3.05) is 10.0 Å². The van der Waals surface area contributed by atoms with Crippen molar-refractivity contribution in [2.45, 2.75) is 45.0 Å². The number of nitrogens with zero attached hydrogens (tertiary/aromatic N) is 2. The maximum Gasteiger partial charge on any atom is 0.355 e. The predicted octanol–water partition coefficient (Wildman–Crippen LogP) is 6.35. The lowest BCUT2D eigenvalue weighted by molar-refractivity contribution is 0.228. The fourth-order valence-electron chi connectivity index (χ4n) is 3.41. The van der Waals surface area contributed by atoms with E-state index in [1.807, 2.05) is 25.5 Å². The molecule has 0 amide bonds. The van der Waals surface area contributed by atoms with E-state index < -0.39 is 27.7 Å². The van der Waals surface area contributed by atoms with E-state index in [2.05, 4.69) is 20.7 Å². The molecule has 38 heavy (non-hydrogen) atoms. The molecule has 4 aromatic rings. The Bertz CT molecular complexity index is 1510. The first kappa shape index (κ1) is 27.0. The second kappa shape index (κ2) is 10.4. The molecule has 0 radical (unpaired) electrons. The topological polar surface area (TPSA) is 122 Å². The van der Waals surface area contributed by atoms with Crippen LogP contribution in [0.3, 0.4) is 0 Å². The number of aromatic amines is 1. The molecule has 2 aromatic heterocycles. The molecule has 0 saturated heterocycles. The standard InChI is InChI=1S/C25H26F3N5O4S/c1-14(15-5-8-17(26)9-6-15)36-20-11-16(7-10-18(20)33-38(34,35)24(27)28)19-12-22(31-30-19)29-23-13-21(37-32-23)25(2,3)4/h5-14,24,33H,1-4H3,(H2,29,30,31,32)/t14-/m0/s1. The molecule has 0 bridgehead atoms. The Balaban J connectivity index is 1.62. The summed E-state index contributed by atoms with van der Waals surface area (Å²) < 4.78 is 76.2. The van der Waals surface area contributed by atoms with Crippen LogP contribution in [-0.4, -0.2) is 29.5 Å².